The molecule has 9 heteroatoms. The van der Waals surface area contributed by atoms with Crippen molar-refractivity contribution in [2.45, 2.75) is 13.8 Å². The number of hydrogen-bond donors (Lipinski definition) is 0. The van der Waals surface area contributed by atoms with E-state index in [1.54, 1.807) is 6.07 Å². The minimum atomic E-state index is -1.64. The summed E-state index contributed by atoms with van der Waals surface area (Å²) in [6.07, 6.45) is 0. The van der Waals surface area contributed by atoms with Crippen molar-refractivity contribution >= 4 is 23.2 Å². The Balaban J connectivity index is 1.62. The van der Waals surface area contributed by atoms with E-state index < -0.39 is 34.0 Å². The van der Waals surface area contributed by atoms with Crippen molar-refractivity contribution in [2.75, 3.05) is 37.7 Å². The second-order valence-electron chi connectivity index (χ2n) is 6.82. The van der Waals surface area contributed by atoms with E-state index in [9.17, 15) is 22.4 Å². The maximum atomic E-state index is 14.1. The van der Waals surface area contributed by atoms with E-state index in [0.29, 0.717) is 5.75 Å². The van der Waals surface area contributed by atoms with Crippen molar-refractivity contribution in [1.82, 2.24) is 4.90 Å². The maximum Gasteiger partial charge on any atom is 0.260 e. The van der Waals surface area contributed by atoms with Gasteiger partial charge in [0.1, 0.15) is 16.5 Å². The summed E-state index contributed by atoms with van der Waals surface area (Å²) in [5.41, 5.74) is 1.33. The highest BCUT2D eigenvalue weighted by atomic mass is 35.5. The summed E-state index contributed by atoms with van der Waals surface area (Å²) in [5, 5.41) is -1.22. The number of carbonyl (C=O) groups is 1. The van der Waals surface area contributed by atoms with Crippen LogP contribution in [0.5, 0.6) is 5.75 Å². The third-order valence-corrected chi connectivity index (χ3v) is 5.31. The van der Waals surface area contributed by atoms with Gasteiger partial charge in [0.15, 0.2) is 29.9 Å². The minimum Gasteiger partial charge on any atom is -0.484 e. The van der Waals surface area contributed by atoms with Crippen LogP contribution in [0.25, 0.3) is 0 Å². The van der Waals surface area contributed by atoms with Crippen LogP contribution in [0.3, 0.4) is 0 Å². The third-order valence-electron chi connectivity index (χ3n) is 4.98. The molecule has 1 aliphatic rings. The Bertz CT molecular complexity index is 918. The van der Waals surface area contributed by atoms with Crippen molar-refractivity contribution < 1.29 is 27.1 Å². The van der Waals surface area contributed by atoms with Gasteiger partial charge in [-0.05, 0) is 37.1 Å². The Morgan fingerprint density at radius 2 is 1.55 bits per heavy atom. The molecule has 0 radical (unpaired) electrons. The third kappa shape index (κ3) is 4.27. The van der Waals surface area contributed by atoms with Crippen LogP contribution < -0.4 is 9.64 Å². The van der Waals surface area contributed by atoms with Crippen molar-refractivity contribution in [1.29, 1.82) is 0 Å². The number of aryl methyl sites for hydroxylation is 2. The van der Waals surface area contributed by atoms with Crippen molar-refractivity contribution in [2.24, 2.45) is 0 Å². The van der Waals surface area contributed by atoms with E-state index in [0.717, 1.165) is 16.0 Å². The molecule has 2 aromatic rings. The van der Waals surface area contributed by atoms with Gasteiger partial charge in [0, 0.05) is 26.2 Å². The zero-order valence-electron chi connectivity index (χ0n) is 15.9. The lowest BCUT2D eigenvalue weighted by atomic mass is 10.1. The SMILES string of the molecule is Cc1ccc(OCC(=O)N2CCN(c3c(F)c(F)c(Cl)c(F)c3F)CC2)cc1C. The van der Waals surface area contributed by atoms with Crippen LogP contribution in [0.15, 0.2) is 18.2 Å². The summed E-state index contributed by atoms with van der Waals surface area (Å²) in [7, 11) is 0. The minimum absolute atomic E-state index is 0.00370. The number of halogens is 5. The van der Waals surface area contributed by atoms with E-state index in [2.05, 4.69) is 0 Å². The average Bonchev–Trinajstić information content (AvgIpc) is 2.72. The van der Waals surface area contributed by atoms with Gasteiger partial charge in [-0.25, -0.2) is 17.6 Å². The van der Waals surface area contributed by atoms with Gasteiger partial charge in [0.25, 0.3) is 5.91 Å². The first-order valence-corrected chi connectivity index (χ1v) is 9.32. The second-order valence-corrected chi connectivity index (χ2v) is 7.20. The number of carbonyl (C=O) groups excluding carboxylic acids is 1. The van der Waals surface area contributed by atoms with Crippen molar-refractivity contribution in [3.63, 3.8) is 0 Å². The number of anilines is 1. The highest BCUT2D eigenvalue weighted by Crippen LogP contribution is 2.33. The van der Waals surface area contributed by atoms with Crippen molar-refractivity contribution in [3.8, 4) is 5.75 Å². The number of ether oxygens (including phenoxy) is 1. The molecule has 0 aromatic heterocycles. The van der Waals surface area contributed by atoms with Gasteiger partial charge in [0.2, 0.25) is 0 Å². The molecule has 0 bridgehead atoms. The van der Waals surface area contributed by atoms with E-state index >= 15 is 0 Å². The fraction of sp³-hybridized carbons (Fsp3) is 0.350. The zero-order valence-corrected chi connectivity index (χ0v) is 16.6. The maximum absolute atomic E-state index is 14.1. The van der Waals surface area contributed by atoms with E-state index in [1.165, 1.54) is 4.90 Å². The van der Waals surface area contributed by atoms with Gasteiger partial charge in [0.05, 0.1) is 0 Å². The summed E-state index contributed by atoms with van der Waals surface area (Å²) in [4.78, 5) is 15.0. The largest absolute Gasteiger partial charge is 0.484 e. The molecule has 4 nitrogen and oxygen atoms in total. The molecule has 29 heavy (non-hydrogen) atoms. The summed E-state index contributed by atoms with van der Waals surface area (Å²) in [6.45, 7) is 3.97. The highest BCUT2D eigenvalue weighted by molar-refractivity contribution is 6.31. The van der Waals surface area contributed by atoms with Gasteiger partial charge in [-0.2, -0.15) is 0 Å². The van der Waals surface area contributed by atoms with Gasteiger partial charge >= 0.3 is 0 Å². The molecule has 156 valence electrons. The van der Waals surface area contributed by atoms with Gasteiger partial charge < -0.3 is 14.5 Å². The molecular weight excluding hydrogens is 412 g/mol. The smallest absolute Gasteiger partial charge is 0.260 e. The molecule has 0 atom stereocenters. The molecule has 2 aromatic carbocycles. The summed E-state index contributed by atoms with van der Waals surface area (Å²) >= 11 is 5.25. The summed E-state index contributed by atoms with van der Waals surface area (Å²) in [6, 6.07) is 5.49. The number of rotatable bonds is 4. The summed E-state index contributed by atoms with van der Waals surface area (Å²) in [5.74, 6) is -6.10. The van der Waals surface area contributed by atoms with Crippen molar-refractivity contribution in [3.05, 3.63) is 57.6 Å². The predicted octanol–water partition coefficient (Wildman–Crippen LogP) is 4.24. The van der Waals surface area contributed by atoms with Crippen LogP contribution >= 0.6 is 11.6 Å². The number of piperazine rings is 1. The van der Waals surface area contributed by atoms with Crippen LogP contribution in [0, 0.1) is 37.1 Å². The number of amides is 1. The number of hydrogen-bond acceptors (Lipinski definition) is 3. The Hall–Kier alpha value is -2.48. The first-order valence-electron chi connectivity index (χ1n) is 8.95. The molecule has 1 aliphatic heterocycles. The topological polar surface area (TPSA) is 32.8 Å². The Morgan fingerprint density at radius 3 is 2.10 bits per heavy atom. The molecular formula is C20H19ClF4N2O2. The Labute approximate surface area is 170 Å². The lowest BCUT2D eigenvalue weighted by Gasteiger charge is -2.36. The molecule has 1 saturated heterocycles. The Kier molecular flexibility index (Phi) is 6.21. The van der Waals surface area contributed by atoms with Crippen LogP contribution in [0.4, 0.5) is 23.2 Å². The Morgan fingerprint density at radius 1 is 0.966 bits per heavy atom. The standard InChI is InChI=1S/C20H19ClF4N2O2/c1-11-3-4-13(9-12(11)2)29-10-14(28)26-5-7-27(8-6-26)20-18(24)16(22)15(21)17(23)19(20)25/h3-4,9H,5-8,10H2,1-2H3. The molecule has 0 unspecified atom stereocenters. The van der Waals surface area contributed by atoms with E-state index in [1.807, 2.05) is 26.0 Å². The van der Waals surface area contributed by atoms with Gasteiger partial charge in [-0.3, -0.25) is 4.79 Å². The molecule has 0 N–H and O–H groups in total. The molecule has 3 rings (SSSR count). The second kappa shape index (κ2) is 8.49. The highest BCUT2D eigenvalue weighted by Gasteiger charge is 2.30. The molecule has 1 fully saturated rings. The zero-order chi connectivity index (χ0) is 21.3. The molecule has 1 heterocycles. The van der Waals surface area contributed by atoms with E-state index in [4.69, 9.17) is 16.3 Å². The van der Waals surface area contributed by atoms with Crippen LogP contribution in [0.2, 0.25) is 5.02 Å². The quantitative estimate of drug-likeness (QED) is 0.413. The first kappa shape index (κ1) is 21.2. The molecule has 0 aliphatic carbocycles. The van der Waals surface area contributed by atoms with E-state index in [-0.39, 0.29) is 38.7 Å². The molecule has 0 saturated carbocycles. The fourth-order valence-electron chi connectivity index (χ4n) is 3.09. The lowest BCUT2D eigenvalue weighted by Crippen LogP contribution is -2.50. The molecule has 0 spiro atoms. The predicted molar refractivity (Wildman–Crippen MR) is 101 cm³/mol. The monoisotopic (exact) mass is 430 g/mol. The first-order chi connectivity index (χ1) is 13.7. The van der Waals surface area contributed by atoms with Crippen LogP contribution in [-0.2, 0) is 4.79 Å². The fourth-order valence-corrected chi connectivity index (χ4v) is 3.26. The number of benzene rings is 2. The lowest BCUT2D eigenvalue weighted by molar-refractivity contribution is -0.133. The average molecular weight is 431 g/mol. The van der Waals surface area contributed by atoms with Crippen LogP contribution in [-0.4, -0.2) is 43.6 Å². The van der Waals surface area contributed by atoms with Crippen LogP contribution in [0.1, 0.15) is 11.1 Å². The summed E-state index contributed by atoms with van der Waals surface area (Å²) < 4.78 is 61.1. The number of nitrogens with zero attached hydrogens (tertiary/aromatic N) is 2. The van der Waals surface area contributed by atoms with Gasteiger partial charge in [-0.15, -0.1) is 0 Å². The van der Waals surface area contributed by atoms with Gasteiger partial charge in [-0.1, -0.05) is 17.7 Å². The normalized spacial score (nSPS) is 14.3. The molecule has 1 amide bonds.